The van der Waals surface area contributed by atoms with E-state index in [4.69, 9.17) is 11.0 Å². The minimum absolute atomic E-state index is 0.464. The average molecular weight is 239 g/mol. The van der Waals surface area contributed by atoms with Crippen molar-refractivity contribution in [1.82, 2.24) is 9.97 Å². The Balaban J connectivity index is 2.19. The molecule has 0 aliphatic rings. The topological polar surface area (TPSA) is 78.8 Å². The molecule has 0 fully saturated rings. The van der Waals surface area contributed by atoms with Gasteiger partial charge in [0.1, 0.15) is 6.07 Å². The van der Waals surface area contributed by atoms with Gasteiger partial charge in [0.2, 0.25) is 0 Å². The van der Waals surface area contributed by atoms with Gasteiger partial charge in [-0.15, -0.1) is 0 Å². The Morgan fingerprint density at radius 3 is 2.89 bits per heavy atom. The molecule has 2 aromatic heterocycles. The van der Waals surface area contributed by atoms with E-state index in [9.17, 15) is 0 Å². The fraction of sp³-hybridized carbons (Fsp3) is 0.154. The molecule has 0 aliphatic carbocycles. The van der Waals surface area contributed by atoms with E-state index in [-0.39, 0.29) is 0 Å². The number of rotatable bonds is 3. The van der Waals surface area contributed by atoms with Gasteiger partial charge >= 0.3 is 0 Å². The molecule has 2 heterocycles. The third kappa shape index (κ3) is 2.55. The van der Waals surface area contributed by atoms with Gasteiger partial charge in [0.15, 0.2) is 5.82 Å². The van der Waals surface area contributed by atoms with E-state index in [2.05, 4.69) is 9.97 Å². The first-order chi connectivity index (χ1) is 8.70. The molecule has 0 saturated heterocycles. The van der Waals surface area contributed by atoms with E-state index in [0.29, 0.717) is 23.6 Å². The highest BCUT2D eigenvalue weighted by molar-refractivity contribution is 5.64. The molecule has 2 N–H and O–H groups in total. The van der Waals surface area contributed by atoms with Crippen molar-refractivity contribution in [1.29, 1.82) is 5.26 Å². The zero-order chi connectivity index (χ0) is 13.0. The van der Waals surface area contributed by atoms with Crippen molar-refractivity contribution in [2.75, 3.05) is 17.7 Å². The van der Waals surface area contributed by atoms with Crippen LogP contribution in [0.4, 0.5) is 11.5 Å². The zero-order valence-electron chi connectivity index (χ0n) is 10.0. The van der Waals surface area contributed by atoms with E-state index in [0.717, 1.165) is 5.56 Å². The predicted molar refractivity (Wildman–Crippen MR) is 69.7 cm³/mol. The highest BCUT2D eigenvalue weighted by Gasteiger charge is 2.08. The van der Waals surface area contributed by atoms with Crippen LogP contribution in [-0.4, -0.2) is 17.0 Å². The maximum Gasteiger partial charge on any atom is 0.151 e. The maximum atomic E-state index is 8.76. The lowest BCUT2D eigenvalue weighted by Crippen LogP contribution is -2.19. The molecule has 0 radical (unpaired) electrons. The van der Waals surface area contributed by atoms with Gasteiger partial charge in [-0.2, -0.15) is 5.26 Å². The number of aromatic nitrogens is 2. The Bertz CT molecular complexity index is 574. The van der Waals surface area contributed by atoms with Gasteiger partial charge in [-0.1, -0.05) is 6.07 Å². The van der Waals surface area contributed by atoms with Crippen LogP contribution in [0, 0.1) is 11.3 Å². The number of anilines is 2. The van der Waals surface area contributed by atoms with Crippen molar-refractivity contribution in [3.63, 3.8) is 0 Å². The summed E-state index contributed by atoms with van der Waals surface area (Å²) >= 11 is 0. The first kappa shape index (κ1) is 11.9. The molecule has 5 nitrogen and oxygen atoms in total. The van der Waals surface area contributed by atoms with Crippen LogP contribution >= 0.6 is 0 Å². The molecule has 0 bridgehead atoms. The summed E-state index contributed by atoms with van der Waals surface area (Å²) in [5.74, 6) is 0.665. The third-order valence-electron chi connectivity index (χ3n) is 2.53. The second-order valence-corrected chi connectivity index (χ2v) is 3.97. The molecule has 0 atom stereocenters. The van der Waals surface area contributed by atoms with Crippen LogP contribution < -0.4 is 10.6 Å². The Kier molecular flexibility index (Phi) is 3.39. The number of hydrogen-bond donors (Lipinski definition) is 1. The van der Waals surface area contributed by atoms with Crippen LogP contribution in [0.2, 0.25) is 0 Å². The first-order valence-corrected chi connectivity index (χ1v) is 5.46. The molecule has 2 aromatic rings. The Morgan fingerprint density at radius 1 is 1.44 bits per heavy atom. The molecule has 18 heavy (non-hydrogen) atoms. The Morgan fingerprint density at radius 2 is 2.28 bits per heavy atom. The van der Waals surface area contributed by atoms with Crippen molar-refractivity contribution >= 4 is 11.5 Å². The molecule has 0 unspecified atom stereocenters. The summed E-state index contributed by atoms with van der Waals surface area (Å²) in [7, 11) is 1.90. The Labute approximate surface area is 106 Å². The van der Waals surface area contributed by atoms with Gasteiger partial charge in [-0.3, -0.25) is 4.98 Å². The molecular weight excluding hydrogens is 226 g/mol. The minimum Gasteiger partial charge on any atom is -0.396 e. The van der Waals surface area contributed by atoms with Gasteiger partial charge in [0.05, 0.1) is 11.3 Å². The van der Waals surface area contributed by atoms with Crippen LogP contribution in [0.1, 0.15) is 11.1 Å². The highest BCUT2D eigenvalue weighted by atomic mass is 15.2. The lowest BCUT2D eigenvalue weighted by atomic mass is 10.2. The second kappa shape index (κ2) is 5.15. The summed E-state index contributed by atoms with van der Waals surface area (Å²) in [5, 5.41) is 8.76. The summed E-state index contributed by atoms with van der Waals surface area (Å²) < 4.78 is 0. The number of nitriles is 1. The number of hydrogen-bond acceptors (Lipinski definition) is 5. The molecule has 0 aliphatic heterocycles. The lowest BCUT2D eigenvalue weighted by Gasteiger charge is -2.19. The highest BCUT2D eigenvalue weighted by Crippen LogP contribution is 2.21. The van der Waals surface area contributed by atoms with Crippen LogP contribution in [0.25, 0.3) is 0 Å². The standard InChI is InChI=1S/C13H13N5/c1-18(9-10-3-2-4-16-7-10)13-12(15)5-11(6-14)8-17-13/h2-5,7-8H,9,15H2,1H3. The van der Waals surface area contributed by atoms with Crippen LogP contribution in [0.5, 0.6) is 0 Å². The van der Waals surface area contributed by atoms with E-state index in [1.54, 1.807) is 18.5 Å². The summed E-state index contributed by atoms with van der Waals surface area (Å²) in [6, 6.07) is 7.52. The third-order valence-corrected chi connectivity index (χ3v) is 2.53. The summed E-state index contributed by atoms with van der Waals surface area (Å²) in [4.78, 5) is 10.2. The largest absolute Gasteiger partial charge is 0.396 e. The first-order valence-electron chi connectivity index (χ1n) is 5.46. The van der Waals surface area contributed by atoms with Crippen molar-refractivity contribution < 1.29 is 0 Å². The van der Waals surface area contributed by atoms with Crippen molar-refractivity contribution in [2.45, 2.75) is 6.54 Å². The van der Waals surface area contributed by atoms with Crippen molar-refractivity contribution in [3.05, 3.63) is 47.9 Å². The smallest absolute Gasteiger partial charge is 0.151 e. The SMILES string of the molecule is CN(Cc1cccnc1)c1ncc(C#N)cc1N. The van der Waals surface area contributed by atoms with E-state index in [1.807, 2.05) is 30.1 Å². The average Bonchev–Trinajstić information content (AvgIpc) is 2.39. The Hall–Kier alpha value is -2.61. The number of nitrogen functional groups attached to an aromatic ring is 1. The van der Waals surface area contributed by atoms with E-state index in [1.165, 1.54) is 6.20 Å². The van der Waals surface area contributed by atoms with Crippen LogP contribution in [-0.2, 0) is 6.54 Å². The fourth-order valence-electron chi connectivity index (χ4n) is 1.70. The van der Waals surface area contributed by atoms with Crippen LogP contribution in [0.15, 0.2) is 36.8 Å². The molecule has 0 aromatic carbocycles. The van der Waals surface area contributed by atoms with Crippen molar-refractivity contribution in [3.8, 4) is 6.07 Å². The molecule has 2 rings (SSSR count). The minimum atomic E-state index is 0.464. The maximum absolute atomic E-state index is 8.76. The van der Waals surface area contributed by atoms with Crippen LogP contribution in [0.3, 0.4) is 0 Å². The predicted octanol–water partition coefficient (Wildman–Crippen LogP) is 1.57. The monoisotopic (exact) mass is 239 g/mol. The summed E-state index contributed by atoms with van der Waals surface area (Å²) in [6.45, 7) is 0.664. The van der Waals surface area contributed by atoms with E-state index >= 15 is 0 Å². The number of nitrogens with zero attached hydrogens (tertiary/aromatic N) is 4. The molecule has 0 saturated carbocycles. The normalized spacial score (nSPS) is 9.78. The lowest BCUT2D eigenvalue weighted by molar-refractivity contribution is 0.893. The van der Waals surface area contributed by atoms with Crippen molar-refractivity contribution in [2.24, 2.45) is 0 Å². The zero-order valence-corrected chi connectivity index (χ0v) is 10.0. The van der Waals surface area contributed by atoms with E-state index < -0.39 is 0 Å². The molecule has 90 valence electrons. The number of nitrogens with two attached hydrogens (primary N) is 1. The summed E-state index contributed by atoms with van der Waals surface area (Å²) in [6.07, 6.45) is 5.06. The van der Waals surface area contributed by atoms with Gasteiger partial charge in [-0.05, 0) is 17.7 Å². The second-order valence-electron chi connectivity index (χ2n) is 3.97. The van der Waals surface area contributed by atoms with Gasteiger partial charge in [0.25, 0.3) is 0 Å². The summed E-state index contributed by atoms with van der Waals surface area (Å²) in [5.41, 5.74) is 7.92. The number of pyridine rings is 2. The van der Waals surface area contributed by atoms with Gasteiger partial charge in [-0.25, -0.2) is 4.98 Å². The fourth-order valence-corrected chi connectivity index (χ4v) is 1.70. The molecule has 5 heteroatoms. The van der Waals surface area contributed by atoms with Gasteiger partial charge in [0, 0.05) is 32.2 Å². The van der Waals surface area contributed by atoms with Gasteiger partial charge < -0.3 is 10.6 Å². The molecule has 0 amide bonds. The molecule has 0 spiro atoms. The molecular formula is C13H13N5. The quantitative estimate of drug-likeness (QED) is 0.879.